The van der Waals surface area contributed by atoms with Crippen molar-refractivity contribution >= 4 is 17.6 Å². The van der Waals surface area contributed by atoms with E-state index in [9.17, 15) is 22.8 Å². The number of anilines is 1. The third kappa shape index (κ3) is 6.53. The minimum Gasteiger partial charge on any atom is -0.420 e. The van der Waals surface area contributed by atoms with Crippen LogP contribution in [0.25, 0.3) is 11.1 Å². The molecule has 0 saturated carbocycles. The number of carbonyl (C=O) groups is 2. The molecule has 1 unspecified atom stereocenters. The van der Waals surface area contributed by atoms with Gasteiger partial charge in [-0.3, -0.25) is 19.6 Å². The summed E-state index contributed by atoms with van der Waals surface area (Å²) in [6.07, 6.45) is -0.0797. The van der Waals surface area contributed by atoms with E-state index in [1.807, 2.05) is 38.1 Å². The summed E-state index contributed by atoms with van der Waals surface area (Å²) >= 11 is 0. The lowest BCUT2D eigenvalue weighted by atomic mass is 10.0. The van der Waals surface area contributed by atoms with E-state index in [0.717, 1.165) is 24.0 Å². The Morgan fingerprint density at radius 2 is 1.71 bits per heavy atom. The highest BCUT2D eigenvalue weighted by molar-refractivity contribution is 5.97. The molecule has 212 valence electrons. The highest BCUT2D eigenvalue weighted by atomic mass is 19.4. The van der Waals surface area contributed by atoms with Gasteiger partial charge in [-0.25, -0.2) is 0 Å². The standard InChI is InChI=1S/C31H29F3N4O3/c1-19-6-5-13-38(18-19)30-37-29(31(32,33)34)28(41-30)27(40)15-24-11-9-22(16-35-24)23-10-12-25(36-17-23)26(39)14-21-8-4-3-7-20(21)2/h3-4,7-12,16-17,19H,5-6,13-15,18H2,1-2H3. The number of nitrogens with zero attached hydrogens (tertiary/aromatic N) is 4. The Hall–Kier alpha value is -4.34. The fraction of sp³-hybridized carbons (Fsp3) is 0.323. The van der Waals surface area contributed by atoms with Crippen LogP contribution in [0.15, 0.2) is 65.3 Å². The fourth-order valence-electron chi connectivity index (χ4n) is 4.93. The van der Waals surface area contributed by atoms with E-state index in [4.69, 9.17) is 4.42 Å². The van der Waals surface area contributed by atoms with Gasteiger partial charge < -0.3 is 9.32 Å². The van der Waals surface area contributed by atoms with Gasteiger partial charge in [-0.15, -0.1) is 0 Å². The summed E-state index contributed by atoms with van der Waals surface area (Å²) in [5.41, 5.74) is 2.70. The molecule has 5 rings (SSSR count). The number of aromatic nitrogens is 3. The van der Waals surface area contributed by atoms with Crippen molar-refractivity contribution in [3.63, 3.8) is 0 Å². The van der Waals surface area contributed by atoms with Gasteiger partial charge in [-0.1, -0.05) is 43.3 Å². The van der Waals surface area contributed by atoms with Crippen molar-refractivity contribution in [2.75, 3.05) is 18.0 Å². The van der Waals surface area contributed by atoms with Crippen LogP contribution in [-0.4, -0.2) is 39.6 Å². The molecule has 4 aromatic rings. The number of carbonyl (C=O) groups excluding carboxylic acids is 2. The van der Waals surface area contributed by atoms with E-state index in [-0.39, 0.29) is 36.3 Å². The van der Waals surface area contributed by atoms with Crippen LogP contribution in [-0.2, 0) is 19.0 Å². The van der Waals surface area contributed by atoms with Gasteiger partial charge in [0.25, 0.3) is 6.01 Å². The quantitative estimate of drug-likeness (QED) is 0.225. The molecule has 0 radical (unpaired) electrons. The van der Waals surface area contributed by atoms with Crippen LogP contribution in [0.4, 0.5) is 19.2 Å². The Bertz CT molecular complexity index is 1550. The first-order valence-electron chi connectivity index (χ1n) is 13.4. The van der Waals surface area contributed by atoms with E-state index in [1.54, 1.807) is 35.4 Å². The summed E-state index contributed by atoms with van der Waals surface area (Å²) in [5.74, 6) is -1.45. The molecule has 1 aromatic carbocycles. The Morgan fingerprint density at radius 1 is 0.976 bits per heavy atom. The van der Waals surface area contributed by atoms with Crippen LogP contribution in [0.1, 0.15) is 63.3 Å². The zero-order chi connectivity index (χ0) is 29.1. The lowest BCUT2D eigenvalue weighted by Crippen LogP contribution is -2.34. The number of halogens is 3. The number of piperidine rings is 1. The molecule has 0 bridgehead atoms. The molecular formula is C31H29F3N4O3. The highest BCUT2D eigenvalue weighted by Gasteiger charge is 2.42. The Kier molecular flexibility index (Phi) is 8.01. The maximum absolute atomic E-state index is 13.7. The number of pyridine rings is 2. The summed E-state index contributed by atoms with van der Waals surface area (Å²) in [4.78, 5) is 39.5. The second-order valence-corrected chi connectivity index (χ2v) is 10.5. The van der Waals surface area contributed by atoms with E-state index in [1.165, 1.54) is 6.20 Å². The van der Waals surface area contributed by atoms with E-state index in [0.29, 0.717) is 29.9 Å². The first-order valence-corrected chi connectivity index (χ1v) is 13.4. The van der Waals surface area contributed by atoms with Crippen molar-refractivity contribution < 1.29 is 27.2 Å². The number of oxazole rings is 1. The number of ketones is 2. The SMILES string of the molecule is Cc1ccccc1CC(=O)c1ccc(-c2ccc(CC(=O)c3oc(N4CCCC(C)C4)nc3C(F)(F)F)nc2)cn1. The van der Waals surface area contributed by atoms with Crippen LogP contribution < -0.4 is 4.90 Å². The molecule has 4 heterocycles. The first kappa shape index (κ1) is 28.2. The van der Waals surface area contributed by atoms with Gasteiger partial charge >= 0.3 is 6.18 Å². The predicted molar refractivity (Wildman–Crippen MR) is 147 cm³/mol. The minimum atomic E-state index is -4.83. The average Bonchev–Trinajstić information content (AvgIpc) is 3.42. The van der Waals surface area contributed by atoms with Gasteiger partial charge in [0.15, 0.2) is 11.5 Å². The normalized spacial score (nSPS) is 15.6. The number of Topliss-reactive ketones (excluding diaryl/α,β-unsaturated/α-hetero) is 2. The van der Waals surface area contributed by atoms with E-state index >= 15 is 0 Å². The predicted octanol–water partition coefficient (Wildman–Crippen LogP) is 6.55. The molecule has 0 spiro atoms. The topological polar surface area (TPSA) is 89.2 Å². The van der Waals surface area contributed by atoms with Crippen LogP contribution >= 0.6 is 0 Å². The molecule has 7 nitrogen and oxygen atoms in total. The molecule has 10 heteroatoms. The molecule has 1 saturated heterocycles. The van der Waals surface area contributed by atoms with E-state index in [2.05, 4.69) is 15.0 Å². The Labute approximate surface area is 235 Å². The second-order valence-electron chi connectivity index (χ2n) is 10.5. The van der Waals surface area contributed by atoms with Crippen molar-refractivity contribution in [3.05, 3.63) is 94.9 Å². The molecule has 0 aliphatic carbocycles. The maximum atomic E-state index is 13.7. The second kappa shape index (κ2) is 11.6. The molecule has 0 N–H and O–H groups in total. The number of hydrogen-bond acceptors (Lipinski definition) is 7. The molecule has 41 heavy (non-hydrogen) atoms. The molecule has 3 aromatic heterocycles. The van der Waals surface area contributed by atoms with Crippen LogP contribution in [0.3, 0.4) is 0 Å². The molecule has 0 amide bonds. The smallest absolute Gasteiger partial charge is 0.420 e. The van der Waals surface area contributed by atoms with Crippen molar-refractivity contribution in [2.24, 2.45) is 5.92 Å². The maximum Gasteiger partial charge on any atom is 0.437 e. The monoisotopic (exact) mass is 562 g/mol. The van der Waals surface area contributed by atoms with Crippen molar-refractivity contribution in [3.8, 4) is 11.1 Å². The number of aryl methyl sites for hydroxylation is 1. The van der Waals surface area contributed by atoms with Crippen molar-refractivity contribution in [1.29, 1.82) is 0 Å². The van der Waals surface area contributed by atoms with Gasteiger partial charge in [0.1, 0.15) is 5.69 Å². The first-order chi connectivity index (χ1) is 19.6. The fourth-order valence-corrected chi connectivity index (χ4v) is 4.93. The lowest BCUT2D eigenvalue weighted by molar-refractivity contribution is -0.141. The van der Waals surface area contributed by atoms with E-state index < -0.39 is 23.4 Å². The molecule has 1 aliphatic rings. The number of benzene rings is 1. The molecule has 1 fully saturated rings. The summed E-state index contributed by atoms with van der Waals surface area (Å²) in [5, 5.41) is 0. The average molecular weight is 563 g/mol. The third-order valence-corrected chi connectivity index (χ3v) is 7.23. The van der Waals surface area contributed by atoms with Crippen LogP contribution in [0, 0.1) is 12.8 Å². The van der Waals surface area contributed by atoms with Gasteiger partial charge in [-0.05, 0) is 48.9 Å². The van der Waals surface area contributed by atoms with Gasteiger partial charge in [0, 0.05) is 48.7 Å². The minimum absolute atomic E-state index is 0.0959. The Balaban J connectivity index is 1.27. The molecule has 1 atom stereocenters. The summed E-state index contributed by atoms with van der Waals surface area (Å²) < 4.78 is 46.6. The van der Waals surface area contributed by atoms with Crippen molar-refractivity contribution in [2.45, 2.75) is 45.7 Å². The summed E-state index contributed by atoms with van der Waals surface area (Å²) in [6.45, 7) is 5.01. The lowest BCUT2D eigenvalue weighted by Gasteiger charge is -2.29. The molecule has 1 aliphatic heterocycles. The zero-order valence-corrected chi connectivity index (χ0v) is 22.7. The summed E-state index contributed by atoms with van der Waals surface area (Å²) in [7, 11) is 0. The van der Waals surface area contributed by atoms with Gasteiger partial charge in [0.2, 0.25) is 11.5 Å². The zero-order valence-electron chi connectivity index (χ0n) is 22.7. The summed E-state index contributed by atoms with van der Waals surface area (Å²) in [6, 6.07) is 14.2. The highest BCUT2D eigenvalue weighted by Crippen LogP contribution is 2.35. The van der Waals surface area contributed by atoms with Crippen LogP contribution in [0.5, 0.6) is 0 Å². The van der Waals surface area contributed by atoms with Crippen molar-refractivity contribution in [1.82, 2.24) is 15.0 Å². The largest absolute Gasteiger partial charge is 0.437 e. The number of hydrogen-bond donors (Lipinski definition) is 0. The Morgan fingerprint density at radius 3 is 2.34 bits per heavy atom. The van der Waals surface area contributed by atoms with Crippen LogP contribution in [0.2, 0.25) is 0 Å². The van der Waals surface area contributed by atoms with Gasteiger partial charge in [0.05, 0.1) is 6.42 Å². The number of rotatable bonds is 8. The van der Waals surface area contributed by atoms with Gasteiger partial charge in [-0.2, -0.15) is 18.2 Å². The third-order valence-electron chi connectivity index (χ3n) is 7.23. The number of alkyl halides is 3. The molecular weight excluding hydrogens is 533 g/mol.